The molecule has 1 rings (SSSR count). The minimum absolute atomic E-state index is 0.293. The molecular weight excluding hydrogens is 162 g/mol. The average Bonchev–Trinajstić information content (AvgIpc) is 2.04. The third-order valence-electron chi connectivity index (χ3n) is 1.30. The lowest BCUT2D eigenvalue weighted by Crippen LogP contribution is -1.99. The van der Waals surface area contributed by atoms with Gasteiger partial charge in [0.25, 0.3) is 0 Å². The van der Waals surface area contributed by atoms with Crippen LogP contribution in [0.4, 0.5) is 8.78 Å². The maximum Gasteiger partial charge on any atom is 0.311 e. The van der Waals surface area contributed by atoms with Crippen molar-refractivity contribution in [2.75, 3.05) is 0 Å². The molecule has 0 saturated heterocycles. The van der Waals surface area contributed by atoms with E-state index in [9.17, 15) is 8.78 Å². The maximum absolute atomic E-state index is 12.4. The van der Waals surface area contributed by atoms with Gasteiger partial charge in [-0.2, -0.15) is 13.8 Å². The molecule has 0 aliphatic rings. The SMILES string of the molecule is CC.Cc1nc(F)nc(F)c1C. The predicted molar refractivity (Wildman–Crippen MR) is 42.8 cm³/mol. The van der Waals surface area contributed by atoms with E-state index < -0.39 is 12.0 Å². The molecular formula is C8H12F2N2. The monoisotopic (exact) mass is 174 g/mol. The summed E-state index contributed by atoms with van der Waals surface area (Å²) >= 11 is 0. The van der Waals surface area contributed by atoms with Gasteiger partial charge in [0, 0.05) is 11.3 Å². The quantitative estimate of drug-likeness (QED) is 0.446. The molecule has 0 spiro atoms. The molecule has 0 atom stereocenters. The Morgan fingerprint density at radius 2 is 1.50 bits per heavy atom. The van der Waals surface area contributed by atoms with Crippen molar-refractivity contribution in [1.82, 2.24) is 9.97 Å². The first-order chi connectivity index (χ1) is 5.61. The fourth-order valence-corrected chi connectivity index (χ4v) is 0.561. The minimum atomic E-state index is -1.01. The number of nitrogens with zero attached hydrogens (tertiary/aromatic N) is 2. The van der Waals surface area contributed by atoms with Gasteiger partial charge in [-0.1, -0.05) is 13.8 Å². The highest BCUT2D eigenvalue weighted by Gasteiger charge is 2.05. The standard InChI is InChI=1S/C6H6F2N2.C2H6/c1-3-4(2)9-6(8)10-5(3)7;1-2/h1-2H3;1-2H3. The van der Waals surface area contributed by atoms with Crippen molar-refractivity contribution < 1.29 is 8.78 Å². The highest BCUT2D eigenvalue weighted by Crippen LogP contribution is 2.05. The molecule has 0 saturated carbocycles. The number of halogens is 2. The van der Waals surface area contributed by atoms with Gasteiger partial charge in [0.05, 0.1) is 0 Å². The molecule has 0 unspecified atom stereocenters. The molecule has 12 heavy (non-hydrogen) atoms. The number of aromatic nitrogens is 2. The van der Waals surface area contributed by atoms with E-state index in [2.05, 4.69) is 9.97 Å². The van der Waals surface area contributed by atoms with Crippen LogP contribution in [0.25, 0.3) is 0 Å². The molecule has 2 nitrogen and oxygen atoms in total. The van der Waals surface area contributed by atoms with Crippen molar-refractivity contribution >= 4 is 0 Å². The first-order valence-corrected chi connectivity index (χ1v) is 3.77. The Morgan fingerprint density at radius 3 is 1.92 bits per heavy atom. The van der Waals surface area contributed by atoms with Crippen LogP contribution in [0, 0.1) is 25.9 Å². The number of rotatable bonds is 0. The van der Waals surface area contributed by atoms with E-state index in [4.69, 9.17) is 0 Å². The van der Waals surface area contributed by atoms with Gasteiger partial charge in [0.2, 0.25) is 5.95 Å². The lowest BCUT2D eigenvalue weighted by molar-refractivity contribution is 0.473. The predicted octanol–water partition coefficient (Wildman–Crippen LogP) is 2.40. The van der Waals surface area contributed by atoms with E-state index in [-0.39, 0.29) is 0 Å². The molecule has 0 fully saturated rings. The van der Waals surface area contributed by atoms with E-state index in [1.54, 1.807) is 0 Å². The summed E-state index contributed by atoms with van der Waals surface area (Å²) < 4.78 is 24.6. The second-order valence-electron chi connectivity index (χ2n) is 1.99. The molecule has 68 valence electrons. The molecule has 0 amide bonds. The topological polar surface area (TPSA) is 25.8 Å². The summed E-state index contributed by atoms with van der Waals surface area (Å²) in [6.45, 7) is 7.04. The normalized spacial score (nSPS) is 8.83. The van der Waals surface area contributed by atoms with Gasteiger partial charge in [-0.25, -0.2) is 4.98 Å². The molecule has 0 aromatic carbocycles. The summed E-state index contributed by atoms with van der Waals surface area (Å²) in [7, 11) is 0. The lowest BCUT2D eigenvalue weighted by Gasteiger charge is -1.97. The summed E-state index contributed by atoms with van der Waals surface area (Å²) in [6, 6.07) is 0. The first kappa shape index (κ1) is 10.9. The Balaban J connectivity index is 0.000000561. The summed E-state index contributed by atoms with van der Waals surface area (Å²) in [5, 5.41) is 0. The van der Waals surface area contributed by atoms with E-state index >= 15 is 0 Å². The molecule has 0 bridgehead atoms. The van der Waals surface area contributed by atoms with Crippen LogP contribution >= 0.6 is 0 Å². The Kier molecular flexibility index (Phi) is 4.33. The summed E-state index contributed by atoms with van der Waals surface area (Å²) in [4.78, 5) is 6.21. The molecule has 1 aromatic rings. The number of hydrogen-bond donors (Lipinski definition) is 0. The first-order valence-electron chi connectivity index (χ1n) is 3.77. The largest absolute Gasteiger partial charge is 0.311 e. The zero-order chi connectivity index (χ0) is 9.72. The summed E-state index contributed by atoms with van der Waals surface area (Å²) in [5.41, 5.74) is 0.631. The Hall–Kier alpha value is -1.06. The van der Waals surface area contributed by atoms with Crippen LogP contribution in [0.5, 0.6) is 0 Å². The third-order valence-corrected chi connectivity index (χ3v) is 1.30. The molecule has 1 heterocycles. The number of hydrogen-bond acceptors (Lipinski definition) is 2. The molecule has 0 N–H and O–H groups in total. The Labute approximate surface area is 70.7 Å². The van der Waals surface area contributed by atoms with Gasteiger partial charge in [0.1, 0.15) is 0 Å². The van der Waals surface area contributed by atoms with Crippen LogP contribution < -0.4 is 0 Å². The highest BCUT2D eigenvalue weighted by atomic mass is 19.1. The maximum atomic E-state index is 12.4. The van der Waals surface area contributed by atoms with Gasteiger partial charge in [0.15, 0.2) is 0 Å². The van der Waals surface area contributed by atoms with Crippen LogP contribution in [0.2, 0.25) is 0 Å². The van der Waals surface area contributed by atoms with Crippen molar-refractivity contribution in [1.29, 1.82) is 0 Å². The molecule has 0 aliphatic carbocycles. The van der Waals surface area contributed by atoms with Gasteiger partial charge < -0.3 is 0 Å². The van der Waals surface area contributed by atoms with Crippen LogP contribution in [0.1, 0.15) is 25.1 Å². The zero-order valence-corrected chi connectivity index (χ0v) is 7.65. The second kappa shape index (κ2) is 4.74. The van der Waals surface area contributed by atoms with Gasteiger partial charge in [-0.15, -0.1) is 0 Å². The molecule has 4 heteroatoms. The van der Waals surface area contributed by atoms with E-state index in [1.807, 2.05) is 13.8 Å². The van der Waals surface area contributed by atoms with Crippen molar-refractivity contribution in [3.8, 4) is 0 Å². The Morgan fingerprint density at radius 1 is 1.00 bits per heavy atom. The average molecular weight is 174 g/mol. The Bertz CT molecular complexity index is 238. The highest BCUT2D eigenvalue weighted by molar-refractivity contribution is 5.13. The fraction of sp³-hybridized carbons (Fsp3) is 0.500. The van der Waals surface area contributed by atoms with Gasteiger partial charge in [-0.3, -0.25) is 0 Å². The number of aryl methyl sites for hydroxylation is 1. The minimum Gasteiger partial charge on any atom is -0.207 e. The van der Waals surface area contributed by atoms with Crippen LogP contribution in [-0.4, -0.2) is 9.97 Å². The molecule has 0 aliphatic heterocycles. The van der Waals surface area contributed by atoms with Crippen molar-refractivity contribution in [3.05, 3.63) is 23.3 Å². The van der Waals surface area contributed by atoms with Crippen LogP contribution in [0.3, 0.4) is 0 Å². The van der Waals surface area contributed by atoms with E-state index in [0.717, 1.165) is 0 Å². The lowest BCUT2D eigenvalue weighted by atomic mass is 10.3. The van der Waals surface area contributed by atoms with Crippen LogP contribution in [-0.2, 0) is 0 Å². The van der Waals surface area contributed by atoms with Crippen molar-refractivity contribution in [2.45, 2.75) is 27.7 Å². The van der Waals surface area contributed by atoms with Gasteiger partial charge in [-0.05, 0) is 13.8 Å². The van der Waals surface area contributed by atoms with E-state index in [1.165, 1.54) is 13.8 Å². The van der Waals surface area contributed by atoms with Gasteiger partial charge >= 0.3 is 6.08 Å². The zero-order valence-electron chi connectivity index (χ0n) is 7.65. The van der Waals surface area contributed by atoms with Crippen molar-refractivity contribution in [2.24, 2.45) is 0 Å². The second-order valence-corrected chi connectivity index (χ2v) is 1.99. The summed E-state index contributed by atoms with van der Waals surface area (Å²) in [6.07, 6.45) is -1.01. The fourth-order valence-electron chi connectivity index (χ4n) is 0.561. The van der Waals surface area contributed by atoms with Crippen molar-refractivity contribution in [3.63, 3.8) is 0 Å². The summed E-state index contributed by atoms with van der Waals surface area (Å²) in [5.74, 6) is -0.787. The molecule has 1 aromatic heterocycles. The van der Waals surface area contributed by atoms with E-state index in [0.29, 0.717) is 11.3 Å². The molecule has 0 radical (unpaired) electrons. The smallest absolute Gasteiger partial charge is 0.207 e. The van der Waals surface area contributed by atoms with Crippen LogP contribution in [0.15, 0.2) is 0 Å². The third kappa shape index (κ3) is 2.53.